The van der Waals surface area contributed by atoms with E-state index in [1.807, 2.05) is 115 Å². The fraction of sp³-hybridized carbons (Fsp3) is 0. The summed E-state index contributed by atoms with van der Waals surface area (Å²) in [6.45, 7) is 0. The Morgan fingerprint density at radius 1 is 0.176 bits per heavy atom. The second-order valence-corrected chi connectivity index (χ2v) is 40.1. The van der Waals surface area contributed by atoms with Gasteiger partial charge < -0.3 is 9.13 Å². The first-order chi connectivity index (χ1) is 67.3. The lowest BCUT2D eigenvalue weighted by Gasteiger charge is -2.21. The van der Waals surface area contributed by atoms with Crippen molar-refractivity contribution in [2.45, 2.75) is 0 Å². The molecule has 8 heterocycles. The number of rotatable bonds is 14. The molecule has 0 spiro atoms. The molecule has 0 amide bonds. The summed E-state index contributed by atoms with van der Waals surface area (Å²) in [5.74, 6) is 0. The number of hydrogen-bond acceptors (Lipinski definition) is 4. The molecule has 0 saturated heterocycles. The van der Waals surface area contributed by atoms with Crippen LogP contribution in [0.3, 0.4) is 0 Å². The highest BCUT2D eigenvalue weighted by molar-refractivity contribution is 7.85. The van der Waals surface area contributed by atoms with Crippen molar-refractivity contribution in [1.82, 2.24) is 36.9 Å². The fourth-order valence-corrected chi connectivity index (χ4v) is 26.0. The number of para-hydroxylation sites is 12. The van der Waals surface area contributed by atoms with Crippen molar-refractivity contribution in [3.63, 3.8) is 0 Å². The van der Waals surface area contributed by atoms with Crippen molar-refractivity contribution in [1.29, 1.82) is 0 Å². The molecule has 27 aromatic rings. The Morgan fingerprint density at radius 3 is 0.846 bits per heavy atom. The van der Waals surface area contributed by atoms with Gasteiger partial charge in [-0.15, -0.1) is 0 Å². The van der Waals surface area contributed by atoms with Gasteiger partial charge in [0, 0.05) is 104 Å². The number of pyridine rings is 2. The summed E-state index contributed by atoms with van der Waals surface area (Å²) >= 11 is 0. The number of benzene rings is 19. The molecule has 1 atom stereocenters. The number of hydrogen-bond donors (Lipinski definition) is 0. The van der Waals surface area contributed by atoms with Crippen LogP contribution >= 0.6 is 14.3 Å². The van der Waals surface area contributed by atoms with E-state index < -0.39 is 14.3 Å². The molecule has 10 nitrogen and oxygen atoms in total. The van der Waals surface area contributed by atoms with Gasteiger partial charge in [-0.1, -0.05) is 394 Å². The third kappa shape index (κ3) is 13.4. The van der Waals surface area contributed by atoms with Crippen molar-refractivity contribution in [2.24, 2.45) is 0 Å². The lowest BCUT2D eigenvalue weighted by molar-refractivity contribution is 0.591. The van der Waals surface area contributed by atoms with Gasteiger partial charge in [0.1, 0.15) is 16.9 Å². The molecule has 0 saturated carbocycles. The molecule has 0 aliphatic rings. The summed E-state index contributed by atoms with van der Waals surface area (Å²) in [5.41, 5.74) is 29.9. The molecule has 0 fully saturated rings. The van der Waals surface area contributed by atoms with E-state index in [-0.39, 0.29) is 0 Å². The number of fused-ring (bicyclic) bond motifs is 19. The second kappa shape index (κ2) is 33.5. The predicted octanol–water partition coefficient (Wildman–Crippen LogP) is 29.0. The van der Waals surface area contributed by atoms with Gasteiger partial charge in [0.2, 0.25) is 0 Å². The first-order valence-electron chi connectivity index (χ1n) is 46.0. The first-order valence-corrected chi connectivity index (χ1v) is 49.4. The molecule has 27 rings (SSSR count). The Balaban J connectivity index is 0.000000109. The van der Waals surface area contributed by atoms with Gasteiger partial charge in [0.15, 0.2) is 14.3 Å². The summed E-state index contributed by atoms with van der Waals surface area (Å²) in [6.07, 6.45) is 0. The van der Waals surface area contributed by atoms with Gasteiger partial charge in [-0.25, -0.2) is 9.97 Å². The molecule has 8 aromatic heterocycles. The highest BCUT2D eigenvalue weighted by atomic mass is 31.2. The highest BCUT2D eigenvalue weighted by Gasteiger charge is 2.34. The van der Waals surface area contributed by atoms with Crippen LogP contribution in [-0.2, 0) is 9.13 Å². The van der Waals surface area contributed by atoms with Gasteiger partial charge in [-0.3, -0.25) is 26.9 Å². The normalized spacial score (nSPS) is 12.2. The molecule has 0 N–H and O–H groups in total. The SMILES string of the molecule is O=P(c1ccccc1)(c1ccc(-c2c3ccccc3n3c4ccccc4n(-c4ccccc4)c23)cc1)c1ccc2ccccc2c1.O=P(c1ccccc1)(c1ccccc1)c1ccc(-c2c3ccccc3n3c4ccccc4n(-c4ccccc4)c23)cc1.c1ccc(-c2ccc3ccc4ccc(-c5cccc(-c6c7ccccc7n7c8ccccc8n(-c8ccccc8)c67)c5)nc4c3n2)cc1. The minimum Gasteiger partial charge on any atom is -0.309 e. The van der Waals surface area contributed by atoms with Crippen LogP contribution in [0.25, 0.3) is 188 Å². The van der Waals surface area contributed by atoms with E-state index in [4.69, 9.17) is 9.97 Å². The average molecular weight is 1780 g/mol. The standard InChI is InChI=1S/C44H28N4.C42H29N2OP.C38H27N2OP/c1-3-12-29(13-4-1)36-26-24-30-22-23-31-25-27-37(46-43(31)42(30)45-36)32-14-11-15-33(28-32)41-35-18-7-8-19-38(35)48-40-21-10-9-20-39(40)47(44(41)48)34-16-5-2-6-17-34;45-46(34-17-5-2-6-18-34,36-28-23-30-13-7-8-14-32(30)29-36)35-26-24-31(25-27-35)41-37-19-9-10-20-38(37)44-40-22-12-11-21-39(40)43(42(41)44)33-15-3-1-4-16-33;41-42(30-16-6-2-7-17-30,31-18-8-3-9-19-31)32-26-24-28(25-27-32)37-33-20-10-11-21-34(33)40-36-23-13-12-22-35(36)39(38(37)40)29-14-4-1-5-15-29/h1-28H;1-29H;1-27H. The summed E-state index contributed by atoms with van der Waals surface area (Å²) in [6, 6.07) is 177. The molecular weight excluding hydrogens is 1700 g/mol. The van der Waals surface area contributed by atoms with Gasteiger partial charge in [0.05, 0.1) is 72.1 Å². The summed E-state index contributed by atoms with van der Waals surface area (Å²) in [5, 5.41) is 13.0. The first kappa shape index (κ1) is 80.8. The molecule has 642 valence electrons. The number of imidazole rings is 3. The zero-order valence-corrected chi connectivity index (χ0v) is 75.6. The zero-order chi connectivity index (χ0) is 90.4. The Morgan fingerprint density at radius 2 is 0.449 bits per heavy atom. The van der Waals surface area contributed by atoms with Crippen molar-refractivity contribution in [3.8, 4) is 73.0 Å². The van der Waals surface area contributed by atoms with E-state index in [1.54, 1.807) is 0 Å². The van der Waals surface area contributed by atoms with E-state index in [1.165, 1.54) is 38.3 Å². The third-order valence-corrected chi connectivity index (χ3v) is 33.0. The Labute approximate surface area is 784 Å². The minimum absolute atomic E-state index is 0.820. The maximum absolute atomic E-state index is 15.4. The van der Waals surface area contributed by atoms with Gasteiger partial charge in [0.25, 0.3) is 0 Å². The fourth-order valence-electron chi connectivity index (χ4n) is 20.7. The molecule has 19 aromatic carbocycles. The van der Waals surface area contributed by atoms with E-state index in [0.29, 0.717) is 0 Å². The zero-order valence-electron chi connectivity index (χ0n) is 73.8. The lowest BCUT2D eigenvalue weighted by Crippen LogP contribution is -2.25. The molecule has 0 aliphatic carbocycles. The summed E-state index contributed by atoms with van der Waals surface area (Å²) < 4.78 is 44.7. The second-order valence-electron chi connectivity index (χ2n) is 34.5. The topological polar surface area (TPSA) is 87.9 Å². The molecule has 0 bridgehead atoms. The maximum Gasteiger partial charge on any atom is 0.171 e. The van der Waals surface area contributed by atoms with Crippen LogP contribution in [0.1, 0.15) is 0 Å². The molecule has 136 heavy (non-hydrogen) atoms. The average Bonchev–Trinajstić information content (AvgIpc) is 1.55. The molecule has 0 aliphatic heterocycles. The van der Waals surface area contributed by atoms with Gasteiger partial charge in [-0.2, -0.15) is 0 Å². The van der Waals surface area contributed by atoms with Crippen LogP contribution in [0, 0.1) is 0 Å². The van der Waals surface area contributed by atoms with Crippen LogP contribution in [0.4, 0.5) is 0 Å². The van der Waals surface area contributed by atoms with E-state index >= 15 is 4.57 Å². The summed E-state index contributed by atoms with van der Waals surface area (Å²) in [7, 11) is -6.23. The highest BCUT2D eigenvalue weighted by Crippen LogP contribution is 2.50. The Bertz CT molecular complexity index is 9360. The molecular formula is C124H84N8O2P2. The maximum atomic E-state index is 15.4. The van der Waals surface area contributed by atoms with Crippen LogP contribution in [-0.4, -0.2) is 36.9 Å². The van der Waals surface area contributed by atoms with Crippen molar-refractivity contribution < 1.29 is 9.13 Å². The number of nitrogens with zero attached hydrogens (tertiary/aromatic N) is 8. The van der Waals surface area contributed by atoms with Crippen LogP contribution in [0.2, 0.25) is 0 Å². The van der Waals surface area contributed by atoms with Gasteiger partial charge >= 0.3 is 0 Å². The van der Waals surface area contributed by atoms with E-state index in [2.05, 4.69) is 421 Å². The predicted molar refractivity (Wildman–Crippen MR) is 569 cm³/mol. The lowest BCUT2D eigenvalue weighted by atomic mass is 9.99. The van der Waals surface area contributed by atoms with Crippen LogP contribution in [0.5, 0.6) is 0 Å². The molecule has 12 heteroatoms. The van der Waals surface area contributed by atoms with Crippen molar-refractivity contribution >= 4 is 161 Å². The van der Waals surface area contributed by atoms with Crippen LogP contribution < -0.4 is 31.8 Å². The smallest absolute Gasteiger partial charge is 0.171 e. The van der Waals surface area contributed by atoms with Crippen molar-refractivity contribution in [2.75, 3.05) is 0 Å². The third-order valence-electron chi connectivity index (χ3n) is 26.8. The quantitative estimate of drug-likeness (QED) is 0.0802. The Kier molecular flexibility index (Phi) is 19.9. The number of aromatic nitrogens is 8. The van der Waals surface area contributed by atoms with Crippen LogP contribution in [0.15, 0.2) is 510 Å². The van der Waals surface area contributed by atoms with Crippen molar-refractivity contribution in [3.05, 3.63) is 510 Å². The Hall–Kier alpha value is -17.3. The minimum atomic E-state index is -3.16. The molecule has 0 radical (unpaired) electrons. The molecule has 1 unspecified atom stereocenters. The van der Waals surface area contributed by atoms with Gasteiger partial charge in [-0.05, 0) is 143 Å². The van der Waals surface area contributed by atoms with E-state index in [9.17, 15) is 4.57 Å². The monoisotopic (exact) mass is 1780 g/mol. The largest absolute Gasteiger partial charge is 0.309 e. The summed E-state index contributed by atoms with van der Waals surface area (Å²) in [4.78, 5) is 10.4. The van der Waals surface area contributed by atoms with E-state index in [0.717, 1.165) is 182 Å².